The molecule has 18 heavy (non-hydrogen) atoms. The number of likely N-dealkylation sites (N-methyl/N-ethyl adjacent to an activating group) is 2. The number of aliphatic hydroxyl groups excluding tert-OH is 1. The lowest BCUT2D eigenvalue weighted by Crippen LogP contribution is -2.54. The van der Waals surface area contributed by atoms with Gasteiger partial charge in [0.05, 0.1) is 6.10 Å². The third-order valence-corrected chi connectivity index (χ3v) is 5.17. The molecule has 2 rings (SSSR count). The minimum atomic E-state index is -0.106. The first kappa shape index (κ1) is 14.3. The molecule has 1 N–H and O–H groups in total. The largest absolute Gasteiger partial charge is 0.391 e. The lowest BCUT2D eigenvalue weighted by Gasteiger charge is -2.44. The standard InChI is InChI=1S/C15H30N2O/c1-4-12-7-8-15(18)14(10-12)17(3)13-6-5-9-16(2)11-13/h12-15,18H,4-11H2,1-3H3. The van der Waals surface area contributed by atoms with E-state index < -0.39 is 0 Å². The second kappa shape index (κ2) is 6.36. The van der Waals surface area contributed by atoms with Crippen molar-refractivity contribution in [1.29, 1.82) is 0 Å². The van der Waals surface area contributed by atoms with Gasteiger partial charge in [-0.25, -0.2) is 0 Å². The van der Waals surface area contributed by atoms with Crippen LogP contribution in [0.2, 0.25) is 0 Å². The van der Waals surface area contributed by atoms with Crippen molar-refractivity contribution in [3.8, 4) is 0 Å². The Morgan fingerprint density at radius 1 is 1.28 bits per heavy atom. The predicted molar refractivity (Wildman–Crippen MR) is 75.7 cm³/mol. The topological polar surface area (TPSA) is 26.7 Å². The summed E-state index contributed by atoms with van der Waals surface area (Å²) in [5.41, 5.74) is 0. The third kappa shape index (κ3) is 3.25. The Morgan fingerprint density at radius 3 is 2.72 bits per heavy atom. The van der Waals surface area contributed by atoms with Crippen molar-refractivity contribution < 1.29 is 5.11 Å². The zero-order chi connectivity index (χ0) is 13.1. The van der Waals surface area contributed by atoms with Crippen molar-refractivity contribution in [1.82, 2.24) is 9.80 Å². The van der Waals surface area contributed by atoms with Crippen LogP contribution >= 0.6 is 0 Å². The summed E-state index contributed by atoms with van der Waals surface area (Å²) in [5, 5.41) is 10.3. The summed E-state index contributed by atoms with van der Waals surface area (Å²) in [6, 6.07) is 1.03. The van der Waals surface area contributed by atoms with Gasteiger partial charge in [-0.15, -0.1) is 0 Å². The summed E-state index contributed by atoms with van der Waals surface area (Å²) in [5.74, 6) is 0.821. The van der Waals surface area contributed by atoms with Crippen molar-refractivity contribution in [3.05, 3.63) is 0 Å². The van der Waals surface area contributed by atoms with Crippen LogP contribution in [0.5, 0.6) is 0 Å². The maximum Gasteiger partial charge on any atom is 0.0695 e. The van der Waals surface area contributed by atoms with Gasteiger partial charge in [-0.3, -0.25) is 4.90 Å². The van der Waals surface area contributed by atoms with Crippen LogP contribution < -0.4 is 0 Å². The Bertz CT molecular complexity index is 259. The maximum atomic E-state index is 10.3. The van der Waals surface area contributed by atoms with Crippen LogP contribution in [0.25, 0.3) is 0 Å². The van der Waals surface area contributed by atoms with E-state index >= 15 is 0 Å². The summed E-state index contributed by atoms with van der Waals surface area (Å²) in [6.45, 7) is 4.68. The summed E-state index contributed by atoms with van der Waals surface area (Å²) < 4.78 is 0. The fourth-order valence-corrected chi connectivity index (χ4v) is 3.77. The highest BCUT2D eigenvalue weighted by molar-refractivity contribution is 4.90. The number of aliphatic hydroxyl groups is 1. The predicted octanol–water partition coefficient (Wildman–Crippen LogP) is 1.95. The van der Waals surface area contributed by atoms with E-state index in [0.29, 0.717) is 12.1 Å². The van der Waals surface area contributed by atoms with Gasteiger partial charge in [-0.05, 0) is 58.7 Å². The normalized spacial score (nSPS) is 39.2. The average molecular weight is 254 g/mol. The molecule has 0 radical (unpaired) electrons. The Hall–Kier alpha value is -0.120. The van der Waals surface area contributed by atoms with Crippen molar-refractivity contribution >= 4 is 0 Å². The van der Waals surface area contributed by atoms with Crippen molar-refractivity contribution in [2.75, 3.05) is 27.2 Å². The fourth-order valence-electron chi connectivity index (χ4n) is 3.77. The van der Waals surface area contributed by atoms with Gasteiger partial charge in [0, 0.05) is 18.6 Å². The number of nitrogens with zero attached hydrogens (tertiary/aromatic N) is 2. The molecular formula is C15H30N2O. The second-order valence-electron chi connectivity index (χ2n) is 6.45. The highest BCUT2D eigenvalue weighted by atomic mass is 16.3. The van der Waals surface area contributed by atoms with E-state index in [2.05, 4.69) is 30.8 Å². The zero-order valence-electron chi connectivity index (χ0n) is 12.3. The van der Waals surface area contributed by atoms with E-state index in [4.69, 9.17) is 0 Å². The molecule has 0 aromatic carbocycles. The first-order valence-corrected chi connectivity index (χ1v) is 7.70. The summed E-state index contributed by atoms with van der Waals surface area (Å²) in [6.07, 6.45) is 7.15. The quantitative estimate of drug-likeness (QED) is 0.834. The van der Waals surface area contributed by atoms with Gasteiger partial charge in [0.2, 0.25) is 0 Å². The Labute approximate surface area is 112 Å². The number of hydrogen-bond acceptors (Lipinski definition) is 3. The first-order valence-electron chi connectivity index (χ1n) is 7.70. The van der Waals surface area contributed by atoms with Crippen LogP contribution in [0.1, 0.15) is 45.4 Å². The highest BCUT2D eigenvalue weighted by Gasteiger charge is 2.34. The van der Waals surface area contributed by atoms with Crippen LogP contribution in [0, 0.1) is 5.92 Å². The summed E-state index contributed by atoms with van der Waals surface area (Å²) in [4.78, 5) is 4.92. The molecule has 0 aromatic rings. The molecule has 2 fully saturated rings. The molecule has 4 unspecified atom stereocenters. The van der Waals surface area contributed by atoms with E-state index in [-0.39, 0.29) is 6.10 Å². The smallest absolute Gasteiger partial charge is 0.0695 e. The van der Waals surface area contributed by atoms with E-state index in [0.717, 1.165) is 18.9 Å². The highest BCUT2D eigenvalue weighted by Crippen LogP contribution is 2.31. The van der Waals surface area contributed by atoms with Gasteiger partial charge in [0.1, 0.15) is 0 Å². The molecule has 1 saturated heterocycles. The molecule has 3 nitrogen and oxygen atoms in total. The van der Waals surface area contributed by atoms with Gasteiger partial charge >= 0.3 is 0 Å². The van der Waals surface area contributed by atoms with E-state index in [1.165, 1.54) is 38.6 Å². The zero-order valence-corrected chi connectivity index (χ0v) is 12.3. The second-order valence-corrected chi connectivity index (χ2v) is 6.45. The summed E-state index contributed by atoms with van der Waals surface area (Å²) >= 11 is 0. The molecule has 0 spiro atoms. The van der Waals surface area contributed by atoms with Crippen LogP contribution in [0.15, 0.2) is 0 Å². The van der Waals surface area contributed by atoms with Crippen molar-refractivity contribution in [2.24, 2.45) is 5.92 Å². The van der Waals surface area contributed by atoms with Crippen molar-refractivity contribution in [3.63, 3.8) is 0 Å². The number of likely N-dealkylation sites (tertiary alicyclic amines) is 1. The molecule has 0 bridgehead atoms. The van der Waals surface area contributed by atoms with Gasteiger partial charge in [0.15, 0.2) is 0 Å². The molecule has 1 aliphatic heterocycles. The molecule has 4 atom stereocenters. The lowest BCUT2D eigenvalue weighted by molar-refractivity contribution is -0.0167. The lowest BCUT2D eigenvalue weighted by atomic mass is 9.81. The molecule has 1 aliphatic carbocycles. The van der Waals surface area contributed by atoms with Gasteiger partial charge in [0.25, 0.3) is 0 Å². The number of rotatable bonds is 3. The van der Waals surface area contributed by atoms with E-state index in [1.54, 1.807) is 0 Å². The van der Waals surface area contributed by atoms with Crippen LogP contribution in [-0.2, 0) is 0 Å². The number of hydrogen-bond donors (Lipinski definition) is 1. The minimum Gasteiger partial charge on any atom is -0.391 e. The molecule has 0 aromatic heterocycles. The fraction of sp³-hybridized carbons (Fsp3) is 1.00. The van der Waals surface area contributed by atoms with Crippen LogP contribution in [0.3, 0.4) is 0 Å². The van der Waals surface area contributed by atoms with Crippen LogP contribution in [-0.4, -0.2) is 60.3 Å². The summed E-state index contributed by atoms with van der Waals surface area (Å²) in [7, 11) is 4.45. The molecule has 1 saturated carbocycles. The maximum absolute atomic E-state index is 10.3. The molecule has 3 heteroatoms. The third-order valence-electron chi connectivity index (χ3n) is 5.17. The van der Waals surface area contributed by atoms with Crippen molar-refractivity contribution in [2.45, 2.75) is 63.6 Å². The first-order chi connectivity index (χ1) is 8.61. The molecule has 1 heterocycles. The van der Waals surface area contributed by atoms with Gasteiger partial charge in [-0.1, -0.05) is 13.3 Å². The SMILES string of the molecule is CCC1CCC(O)C(N(C)C2CCCN(C)C2)C1. The number of piperidine rings is 1. The Balaban J connectivity index is 1.95. The molecular weight excluding hydrogens is 224 g/mol. The molecule has 0 amide bonds. The average Bonchev–Trinajstić information content (AvgIpc) is 2.38. The van der Waals surface area contributed by atoms with Gasteiger partial charge in [-0.2, -0.15) is 0 Å². The molecule has 2 aliphatic rings. The monoisotopic (exact) mass is 254 g/mol. The molecule has 106 valence electrons. The van der Waals surface area contributed by atoms with E-state index in [1.807, 2.05) is 0 Å². The van der Waals surface area contributed by atoms with Gasteiger partial charge < -0.3 is 10.0 Å². The van der Waals surface area contributed by atoms with E-state index in [9.17, 15) is 5.11 Å². The Kier molecular flexibility index (Phi) is 5.05. The Morgan fingerprint density at radius 2 is 2.06 bits per heavy atom. The minimum absolute atomic E-state index is 0.106. The van der Waals surface area contributed by atoms with Crippen LogP contribution in [0.4, 0.5) is 0 Å².